The molecule has 0 spiro atoms. The number of carbonyl (C=O) groups excluding carboxylic acids is 1. The van der Waals surface area contributed by atoms with E-state index in [1.807, 2.05) is 4.90 Å². The highest BCUT2D eigenvalue weighted by atomic mass is 32.2. The molecule has 1 aliphatic heterocycles. The van der Waals surface area contributed by atoms with Gasteiger partial charge in [0, 0.05) is 30.8 Å². The maximum absolute atomic E-state index is 11.9. The average molecular weight is 339 g/mol. The Labute approximate surface area is 136 Å². The lowest BCUT2D eigenvalue weighted by Gasteiger charge is -2.40. The quantitative estimate of drug-likeness (QED) is 0.595. The summed E-state index contributed by atoms with van der Waals surface area (Å²) in [5.41, 5.74) is 1.91. The summed E-state index contributed by atoms with van der Waals surface area (Å²) in [6.45, 7) is 3.44. The number of anilines is 1. The molecule has 3 rings (SSSR count). The molecule has 1 saturated heterocycles. The fourth-order valence-electron chi connectivity index (χ4n) is 3.23. The molecule has 1 aromatic rings. The van der Waals surface area contributed by atoms with Crippen molar-refractivity contribution in [1.29, 1.82) is 0 Å². The van der Waals surface area contributed by atoms with Crippen molar-refractivity contribution in [1.82, 2.24) is 9.97 Å². The van der Waals surface area contributed by atoms with Crippen molar-refractivity contribution in [3.05, 3.63) is 11.3 Å². The molecule has 126 valence electrons. The van der Waals surface area contributed by atoms with E-state index >= 15 is 0 Å². The summed E-state index contributed by atoms with van der Waals surface area (Å²) in [5.74, 6) is 0.988. The van der Waals surface area contributed by atoms with Crippen LogP contribution in [0, 0.1) is 5.92 Å². The van der Waals surface area contributed by atoms with Crippen LogP contribution in [-0.2, 0) is 25.8 Å². The Balaban J connectivity index is 1.87. The summed E-state index contributed by atoms with van der Waals surface area (Å²) in [7, 11) is -2.06. The molecule has 1 unspecified atom stereocenters. The molecule has 2 heterocycles. The van der Waals surface area contributed by atoms with Crippen LogP contribution in [0.4, 0.5) is 5.82 Å². The second-order valence-corrected chi connectivity index (χ2v) is 8.37. The third kappa shape index (κ3) is 3.04. The molecule has 8 heteroatoms. The molecule has 0 amide bonds. The first-order chi connectivity index (χ1) is 10.8. The van der Waals surface area contributed by atoms with Crippen LogP contribution in [0.1, 0.15) is 36.9 Å². The third-order valence-corrected chi connectivity index (χ3v) is 5.41. The van der Waals surface area contributed by atoms with Crippen molar-refractivity contribution in [2.24, 2.45) is 5.92 Å². The Morgan fingerprint density at radius 1 is 1.35 bits per heavy atom. The Morgan fingerprint density at radius 2 is 2.04 bits per heavy atom. The maximum atomic E-state index is 11.9. The van der Waals surface area contributed by atoms with E-state index in [0.717, 1.165) is 36.2 Å². The number of methoxy groups -OCH3 is 1. The number of sulfone groups is 1. The Hall–Kier alpha value is -1.70. The molecule has 1 fully saturated rings. The van der Waals surface area contributed by atoms with Crippen LogP contribution in [0.2, 0.25) is 0 Å². The summed E-state index contributed by atoms with van der Waals surface area (Å²) in [6.07, 6.45) is 3.35. The topological polar surface area (TPSA) is 89.5 Å². The second-order valence-electron chi connectivity index (χ2n) is 6.46. The van der Waals surface area contributed by atoms with E-state index in [0.29, 0.717) is 19.5 Å². The van der Waals surface area contributed by atoms with E-state index in [9.17, 15) is 13.2 Å². The highest BCUT2D eigenvalue weighted by Gasteiger charge is 2.35. The number of nitrogens with zero attached hydrogens (tertiary/aromatic N) is 3. The standard InChI is InChI=1S/C15H21N3O4S/c1-9-4-5-11-13(9)16-15(23(3,20)21)17-14(11)18-7-10(8-18)6-12(19)22-2/h9-10H,4-8H2,1-3H3. The minimum Gasteiger partial charge on any atom is -0.469 e. The zero-order chi connectivity index (χ0) is 16.8. The largest absolute Gasteiger partial charge is 0.469 e. The van der Waals surface area contributed by atoms with Crippen LogP contribution < -0.4 is 4.90 Å². The van der Waals surface area contributed by atoms with E-state index in [2.05, 4.69) is 21.6 Å². The van der Waals surface area contributed by atoms with Crippen molar-refractivity contribution < 1.29 is 17.9 Å². The number of aromatic nitrogens is 2. The van der Waals surface area contributed by atoms with Gasteiger partial charge in [-0.3, -0.25) is 4.79 Å². The minimum absolute atomic E-state index is 0.101. The predicted molar refractivity (Wildman–Crippen MR) is 84.2 cm³/mol. The summed E-state index contributed by atoms with van der Waals surface area (Å²) in [5, 5.41) is -0.101. The molecule has 0 bridgehead atoms. The number of esters is 1. The van der Waals surface area contributed by atoms with Crippen LogP contribution in [0.3, 0.4) is 0 Å². The monoisotopic (exact) mass is 339 g/mol. The molecule has 0 saturated carbocycles. The van der Waals surface area contributed by atoms with Gasteiger partial charge in [0.1, 0.15) is 5.82 Å². The number of fused-ring (bicyclic) bond motifs is 1. The molecule has 1 atom stereocenters. The lowest BCUT2D eigenvalue weighted by Crippen LogP contribution is -2.48. The van der Waals surface area contributed by atoms with Gasteiger partial charge < -0.3 is 9.64 Å². The van der Waals surface area contributed by atoms with Crippen molar-refractivity contribution in [3.63, 3.8) is 0 Å². The SMILES string of the molecule is COC(=O)CC1CN(c2nc(S(C)(=O)=O)nc3c2CCC3C)C1. The van der Waals surface area contributed by atoms with Crippen molar-refractivity contribution in [3.8, 4) is 0 Å². The molecule has 1 aliphatic carbocycles. The van der Waals surface area contributed by atoms with Gasteiger partial charge in [0.05, 0.1) is 19.2 Å². The summed E-state index contributed by atoms with van der Waals surface area (Å²) in [6, 6.07) is 0. The van der Waals surface area contributed by atoms with Crippen LogP contribution >= 0.6 is 0 Å². The van der Waals surface area contributed by atoms with Crippen LogP contribution in [0.25, 0.3) is 0 Å². The number of ether oxygens (including phenoxy) is 1. The van der Waals surface area contributed by atoms with E-state index in [1.54, 1.807) is 0 Å². The van der Waals surface area contributed by atoms with Gasteiger partial charge in [0.15, 0.2) is 0 Å². The molecule has 0 aromatic carbocycles. The van der Waals surface area contributed by atoms with E-state index in [4.69, 9.17) is 0 Å². The van der Waals surface area contributed by atoms with Gasteiger partial charge in [-0.05, 0) is 18.8 Å². The van der Waals surface area contributed by atoms with Crippen molar-refractivity contribution >= 4 is 21.6 Å². The smallest absolute Gasteiger partial charge is 0.305 e. The normalized spacial score (nSPS) is 21.0. The third-order valence-electron chi connectivity index (χ3n) is 4.56. The van der Waals surface area contributed by atoms with E-state index < -0.39 is 9.84 Å². The van der Waals surface area contributed by atoms with Crippen LogP contribution in [-0.4, -0.2) is 50.8 Å². The van der Waals surface area contributed by atoms with E-state index in [-0.39, 0.29) is 23.0 Å². The first-order valence-electron chi connectivity index (χ1n) is 7.72. The molecule has 0 N–H and O–H groups in total. The van der Waals surface area contributed by atoms with Crippen molar-refractivity contribution in [2.75, 3.05) is 31.4 Å². The van der Waals surface area contributed by atoms with Crippen molar-refractivity contribution in [2.45, 2.75) is 37.3 Å². The van der Waals surface area contributed by atoms with Gasteiger partial charge in [-0.25, -0.2) is 18.4 Å². The van der Waals surface area contributed by atoms with Gasteiger partial charge in [0.25, 0.3) is 0 Å². The fourth-order valence-corrected chi connectivity index (χ4v) is 3.75. The van der Waals surface area contributed by atoms with Gasteiger partial charge >= 0.3 is 5.97 Å². The molecular weight excluding hydrogens is 318 g/mol. The van der Waals surface area contributed by atoms with Crippen LogP contribution in [0.5, 0.6) is 0 Å². The predicted octanol–water partition coefficient (Wildman–Crippen LogP) is 0.929. The molecule has 7 nitrogen and oxygen atoms in total. The zero-order valence-electron chi connectivity index (χ0n) is 13.6. The summed E-state index contributed by atoms with van der Waals surface area (Å²) >= 11 is 0. The molecule has 1 aromatic heterocycles. The molecule has 0 radical (unpaired) electrons. The number of rotatable bonds is 4. The maximum Gasteiger partial charge on any atom is 0.305 e. The number of hydrogen-bond acceptors (Lipinski definition) is 7. The first-order valence-corrected chi connectivity index (χ1v) is 9.61. The zero-order valence-corrected chi connectivity index (χ0v) is 14.4. The lowest BCUT2D eigenvalue weighted by atomic mass is 9.95. The number of carbonyl (C=O) groups is 1. The Morgan fingerprint density at radius 3 is 2.65 bits per heavy atom. The Kier molecular flexibility index (Phi) is 4.03. The average Bonchev–Trinajstić information content (AvgIpc) is 2.82. The van der Waals surface area contributed by atoms with Gasteiger partial charge in [-0.1, -0.05) is 6.92 Å². The highest BCUT2D eigenvalue weighted by molar-refractivity contribution is 7.90. The minimum atomic E-state index is -3.45. The first kappa shape index (κ1) is 16.2. The molecule has 23 heavy (non-hydrogen) atoms. The fraction of sp³-hybridized carbons (Fsp3) is 0.667. The lowest BCUT2D eigenvalue weighted by molar-refractivity contribution is -0.141. The van der Waals surface area contributed by atoms with Gasteiger partial charge in [-0.15, -0.1) is 0 Å². The Bertz CT molecular complexity index is 741. The summed E-state index contributed by atoms with van der Waals surface area (Å²) < 4.78 is 28.4. The van der Waals surface area contributed by atoms with Gasteiger partial charge in [-0.2, -0.15) is 0 Å². The summed E-state index contributed by atoms with van der Waals surface area (Å²) in [4.78, 5) is 22.0. The molecular formula is C15H21N3O4S. The molecule has 2 aliphatic rings. The number of hydrogen-bond donors (Lipinski definition) is 0. The van der Waals surface area contributed by atoms with Crippen LogP contribution in [0.15, 0.2) is 5.16 Å². The van der Waals surface area contributed by atoms with E-state index in [1.165, 1.54) is 7.11 Å². The highest BCUT2D eigenvalue weighted by Crippen LogP contribution is 2.39. The second kappa shape index (κ2) is 5.74. The van der Waals surface area contributed by atoms with Gasteiger partial charge in [0.2, 0.25) is 15.0 Å².